The van der Waals surface area contributed by atoms with Crippen LogP contribution in [0, 0.1) is 11.7 Å². The van der Waals surface area contributed by atoms with Gasteiger partial charge in [0.25, 0.3) is 0 Å². The van der Waals surface area contributed by atoms with Gasteiger partial charge in [0.2, 0.25) is 0 Å². The van der Waals surface area contributed by atoms with Gasteiger partial charge in [-0.15, -0.1) is 12.4 Å². The van der Waals surface area contributed by atoms with Crippen LogP contribution in [0.1, 0.15) is 62.9 Å². The molecule has 0 spiro atoms. The maximum atomic E-state index is 14.8. The standard InChI is InChI=1S/C28H34FN3O5S.ClH/c1-3-36-25(33)16-23(28(35)37-4-2)32-14-11-20(30-32)15-19-17-31(13-12-24(19)38)26(27(34)18-9-10-18)21-7-5-6-8-22(21)29;/h5-8,11,14-15,18,23-24,26,38H,3-4,9-10,12-13,16-17H2,1-2H3;1H. The Labute approximate surface area is 239 Å². The number of aromatic nitrogens is 2. The Balaban J connectivity index is 0.00000420. The molecule has 1 saturated heterocycles. The van der Waals surface area contributed by atoms with Crippen LogP contribution >= 0.6 is 25.0 Å². The van der Waals surface area contributed by atoms with Crippen LogP contribution in [0.2, 0.25) is 0 Å². The number of likely N-dealkylation sites (tertiary alicyclic amines) is 1. The third kappa shape index (κ3) is 7.70. The fourth-order valence-electron chi connectivity index (χ4n) is 4.77. The first-order valence-corrected chi connectivity index (χ1v) is 13.6. The number of piperidine rings is 1. The molecular weight excluding hydrogens is 545 g/mol. The lowest BCUT2D eigenvalue weighted by atomic mass is 9.93. The third-order valence-electron chi connectivity index (χ3n) is 6.82. The van der Waals surface area contributed by atoms with E-state index < -0.39 is 24.0 Å². The van der Waals surface area contributed by atoms with Crippen LogP contribution in [0.3, 0.4) is 0 Å². The molecule has 4 rings (SSSR count). The Morgan fingerprint density at radius 3 is 2.51 bits per heavy atom. The van der Waals surface area contributed by atoms with Crippen LogP contribution in [0.15, 0.2) is 42.1 Å². The van der Waals surface area contributed by atoms with Crippen molar-refractivity contribution >= 4 is 48.8 Å². The minimum atomic E-state index is -0.947. The molecule has 1 aliphatic carbocycles. The van der Waals surface area contributed by atoms with E-state index in [1.54, 1.807) is 44.3 Å². The molecule has 3 atom stereocenters. The molecule has 11 heteroatoms. The number of esters is 2. The number of benzene rings is 1. The van der Waals surface area contributed by atoms with E-state index in [2.05, 4.69) is 5.10 Å². The van der Waals surface area contributed by atoms with Crippen LogP contribution in [-0.4, -0.2) is 64.0 Å². The topological polar surface area (TPSA) is 90.7 Å². The molecule has 212 valence electrons. The van der Waals surface area contributed by atoms with Crippen LogP contribution in [0.4, 0.5) is 4.39 Å². The minimum Gasteiger partial charge on any atom is -0.466 e. The van der Waals surface area contributed by atoms with E-state index in [1.165, 1.54) is 10.7 Å². The molecule has 2 aliphatic rings. The number of rotatable bonds is 11. The van der Waals surface area contributed by atoms with E-state index in [9.17, 15) is 18.8 Å². The molecular formula is C28H35ClFN3O5S. The van der Waals surface area contributed by atoms with Crippen LogP contribution < -0.4 is 0 Å². The molecule has 8 nitrogen and oxygen atoms in total. The van der Waals surface area contributed by atoms with Gasteiger partial charge in [-0.25, -0.2) is 9.18 Å². The Hall–Kier alpha value is -2.69. The third-order valence-corrected chi connectivity index (χ3v) is 7.41. The summed E-state index contributed by atoms with van der Waals surface area (Å²) in [5.74, 6) is -1.41. The molecule has 0 radical (unpaired) electrons. The normalized spacial score (nSPS) is 20.1. The number of ether oxygens (including phenoxy) is 2. The van der Waals surface area contributed by atoms with Gasteiger partial charge in [0.05, 0.1) is 31.4 Å². The fourth-order valence-corrected chi connectivity index (χ4v) is 5.04. The van der Waals surface area contributed by atoms with Gasteiger partial charge in [0.15, 0.2) is 11.8 Å². The summed E-state index contributed by atoms with van der Waals surface area (Å²) in [6.45, 7) is 4.83. The Morgan fingerprint density at radius 1 is 1.13 bits per heavy atom. The molecule has 0 amide bonds. The van der Waals surface area contributed by atoms with Gasteiger partial charge in [0, 0.05) is 36.0 Å². The van der Waals surface area contributed by atoms with E-state index in [0.29, 0.717) is 30.8 Å². The predicted octanol–water partition coefficient (Wildman–Crippen LogP) is 4.61. The van der Waals surface area contributed by atoms with Crippen molar-refractivity contribution in [3.8, 4) is 0 Å². The summed E-state index contributed by atoms with van der Waals surface area (Å²) in [6, 6.07) is 6.63. The van der Waals surface area contributed by atoms with Gasteiger partial charge >= 0.3 is 11.9 Å². The van der Waals surface area contributed by atoms with Gasteiger partial charge in [-0.3, -0.25) is 19.2 Å². The SMILES string of the molecule is CCOC(=O)CC(C(=O)OCC)n1ccc(C=C2CN(C(C(=O)C3CC3)c3ccccc3F)CCC2S)n1.Cl. The first-order chi connectivity index (χ1) is 18.3. The predicted molar refractivity (Wildman–Crippen MR) is 150 cm³/mol. The van der Waals surface area contributed by atoms with Gasteiger partial charge < -0.3 is 9.47 Å². The summed E-state index contributed by atoms with van der Waals surface area (Å²) in [6.07, 6.45) is 5.70. The first kappa shape index (κ1) is 30.8. The first-order valence-electron chi connectivity index (χ1n) is 13.1. The Kier molecular flexibility index (Phi) is 11.1. The van der Waals surface area contributed by atoms with Gasteiger partial charge in [-0.2, -0.15) is 17.7 Å². The van der Waals surface area contributed by atoms with Crippen LogP contribution in [-0.2, 0) is 23.9 Å². The van der Waals surface area contributed by atoms with Crippen molar-refractivity contribution in [2.24, 2.45) is 5.92 Å². The molecule has 2 fully saturated rings. The van der Waals surface area contributed by atoms with E-state index in [0.717, 1.165) is 18.4 Å². The van der Waals surface area contributed by atoms with Crippen molar-refractivity contribution in [1.29, 1.82) is 0 Å². The number of hydrogen-bond donors (Lipinski definition) is 1. The Bertz CT molecular complexity index is 1200. The van der Waals surface area contributed by atoms with Crippen molar-refractivity contribution in [3.63, 3.8) is 0 Å². The van der Waals surface area contributed by atoms with Crippen molar-refractivity contribution in [3.05, 3.63) is 59.2 Å². The second-order valence-electron chi connectivity index (χ2n) is 9.59. The highest BCUT2D eigenvalue weighted by molar-refractivity contribution is 7.81. The molecule has 3 unspecified atom stereocenters. The smallest absolute Gasteiger partial charge is 0.331 e. The van der Waals surface area contributed by atoms with Gasteiger partial charge in [0.1, 0.15) is 5.82 Å². The fraction of sp³-hybridized carbons (Fsp3) is 0.500. The minimum absolute atomic E-state index is 0. The van der Waals surface area contributed by atoms with E-state index in [1.807, 2.05) is 11.0 Å². The highest BCUT2D eigenvalue weighted by Crippen LogP contribution is 2.39. The molecule has 2 heterocycles. The zero-order valence-corrected chi connectivity index (χ0v) is 23.8. The largest absolute Gasteiger partial charge is 0.466 e. The lowest BCUT2D eigenvalue weighted by molar-refractivity contribution is -0.154. The number of thiol groups is 1. The van der Waals surface area contributed by atoms with E-state index >= 15 is 0 Å². The summed E-state index contributed by atoms with van der Waals surface area (Å²) in [7, 11) is 0. The molecule has 0 N–H and O–H groups in total. The van der Waals surface area contributed by atoms with E-state index in [-0.39, 0.29) is 54.8 Å². The zero-order valence-electron chi connectivity index (χ0n) is 22.1. The molecule has 1 aromatic heterocycles. The maximum absolute atomic E-state index is 14.8. The number of hydrogen-bond acceptors (Lipinski definition) is 8. The number of Topliss-reactive ketones (excluding diaryl/α,β-unsaturated/α-hetero) is 1. The van der Waals surface area contributed by atoms with Gasteiger partial charge in [-0.05, 0) is 56.9 Å². The number of nitrogens with zero attached hydrogens (tertiary/aromatic N) is 3. The highest BCUT2D eigenvalue weighted by Gasteiger charge is 2.41. The number of carbonyl (C=O) groups excluding carboxylic acids is 3. The van der Waals surface area contributed by atoms with Crippen LogP contribution in [0.25, 0.3) is 6.08 Å². The molecule has 1 aromatic carbocycles. The summed E-state index contributed by atoms with van der Waals surface area (Å²) in [5.41, 5.74) is 1.92. The molecule has 1 aliphatic heterocycles. The molecule has 0 bridgehead atoms. The number of ketones is 1. The maximum Gasteiger partial charge on any atom is 0.331 e. The second kappa shape index (κ2) is 14.1. The molecule has 2 aromatic rings. The average Bonchev–Trinajstić information content (AvgIpc) is 3.65. The van der Waals surface area contributed by atoms with Crippen molar-refractivity contribution in [2.45, 2.75) is 56.9 Å². The molecule has 1 saturated carbocycles. The lowest BCUT2D eigenvalue weighted by Crippen LogP contribution is -2.42. The zero-order chi connectivity index (χ0) is 27.2. The monoisotopic (exact) mass is 579 g/mol. The average molecular weight is 580 g/mol. The van der Waals surface area contributed by atoms with Crippen molar-refractivity contribution in [2.75, 3.05) is 26.3 Å². The summed E-state index contributed by atoms with van der Waals surface area (Å²) >= 11 is 4.76. The summed E-state index contributed by atoms with van der Waals surface area (Å²) in [4.78, 5) is 40.0. The summed E-state index contributed by atoms with van der Waals surface area (Å²) < 4.78 is 26.4. The summed E-state index contributed by atoms with van der Waals surface area (Å²) in [5, 5.41) is 4.46. The number of halogens is 2. The lowest BCUT2D eigenvalue weighted by Gasteiger charge is -2.37. The van der Waals surface area contributed by atoms with Crippen molar-refractivity contribution in [1.82, 2.24) is 14.7 Å². The molecule has 39 heavy (non-hydrogen) atoms. The highest BCUT2D eigenvalue weighted by atomic mass is 35.5. The van der Waals surface area contributed by atoms with Gasteiger partial charge in [-0.1, -0.05) is 18.2 Å². The van der Waals surface area contributed by atoms with Crippen LogP contribution in [0.5, 0.6) is 0 Å². The van der Waals surface area contributed by atoms with Crippen molar-refractivity contribution < 1.29 is 28.2 Å². The number of carbonyl (C=O) groups is 3. The quantitative estimate of drug-likeness (QED) is 0.307. The Morgan fingerprint density at radius 2 is 1.85 bits per heavy atom. The second-order valence-corrected chi connectivity index (χ2v) is 10.2. The van der Waals surface area contributed by atoms with E-state index in [4.69, 9.17) is 22.1 Å².